The van der Waals surface area contributed by atoms with Crippen molar-refractivity contribution in [2.45, 2.75) is 6.10 Å². The van der Waals surface area contributed by atoms with E-state index >= 15 is 0 Å². The number of nitrogens with zero attached hydrogens (tertiary/aromatic N) is 1. The zero-order valence-electron chi connectivity index (χ0n) is 7.58. The molecule has 1 aromatic rings. The van der Waals surface area contributed by atoms with Crippen molar-refractivity contribution in [3.8, 4) is 0 Å². The third kappa shape index (κ3) is 3.34. The van der Waals surface area contributed by atoms with Crippen molar-refractivity contribution in [1.82, 2.24) is 4.98 Å². The average Bonchev–Trinajstić information content (AvgIpc) is 2.15. The second-order valence-corrected chi connectivity index (χ2v) is 3.22. The maximum absolute atomic E-state index is 13.1. The molecule has 0 aliphatic heterocycles. The summed E-state index contributed by atoms with van der Waals surface area (Å²) in [4.78, 5) is 14.1. The van der Waals surface area contributed by atoms with E-state index in [1.165, 1.54) is 6.20 Å². The number of aromatic nitrogens is 1. The number of carbonyl (C=O) groups is 1. The molecular weight excluding hydrogens is 225 g/mol. The first kappa shape index (κ1) is 11.7. The highest BCUT2D eigenvalue weighted by molar-refractivity contribution is 6.30. The number of aliphatic hydroxyl groups excluding tert-OH is 1. The van der Waals surface area contributed by atoms with Gasteiger partial charge in [0.15, 0.2) is 11.6 Å². The molecule has 1 aromatic heterocycles. The summed E-state index contributed by atoms with van der Waals surface area (Å²) in [5, 5.41) is 11.6. The average molecular weight is 234 g/mol. The molecule has 0 bridgehead atoms. The van der Waals surface area contributed by atoms with Gasteiger partial charge >= 0.3 is 0 Å². The highest BCUT2D eigenvalue weighted by Gasteiger charge is 2.12. The highest BCUT2D eigenvalue weighted by atomic mass is 35.5. The normalized spacial score (nSPS) is 12.2. The topological polar surface area (TPSA) is 88.2 Å². The molecule has 0 aliphatic rings. The number of primary amides is 1. The number of nitrogens with two attached hydrogens (primary N) is 1. The first-order chi connectivity index (χ1) is 7.00. The Morgan fingerprint density at radius 3 is 3.00 bits per heavy atom. The standard InChI is InChI=1S/C8H9ClFN3O2/c9-4-1-5(10)8(12-2-4)13-3-6(14)7(11)15/h1-2,6,14H,3H2,(H2,11,15)(H,12,13). The van der Waals surface area contributed by atoms with Crippen LogP contribution in [0.2, 0.25) is 5.02 Å². The van der Waals surface area contributed by atoms with Gasteiger partial charge in [0.1, 0.15) is 6.10 Å². The lowest BCUT2D eigenvalue weighted by molar-refractivity contribution is -0.125. The van der Waals surface area contributed by atoms with E-state index in [9.17, 15) is 9.18 Å². The molecule has 7 heteroatoms. The second-order valence-electron chi connectivity index (χ2n) is 2.78. The number of hydrogen-bond acceptors (Lipinski definition) is 4. The van der Waals surface area contributed by atoms with Crippen molar-refractivity contribution in [3.05, 3.63) is 23.1 Å². The Morgan fingerprint density at radius 1 is 1.80 bits per heavy atom. The van der Waals surface area contributed by atoms with Gasteiger partial charge in [-0.05, 0) is 6.07 Å². The molecule has 1 heterocycles. The first-order valence-electron chi connectivity index (χ1n) is 4.03. The number of hydrogen-bond donors (Lipinski definition) is 3. The number of rotatable bonds is 4. The fourth-order valence-electron chi connectivity index (χ4n) is 0.839. The molecule has 0 aromatic carbocycles. The van der Waals surface area contributed by atoms with Crippen LogP contribution < -0.4 is 11.1 Å². The van der Waals surface area contributed by atoms with Crippen LogP contribution in [0.15, 0.2) is 12.3 Å². The Kier molecular flexibility index (Phi) is 3.81. The van der Waals surface area contributed by atoms with Crippen molar-refractivity contribution in [1.29, 1.82) is 0 Å². The minimum absolute atomic E-state index is 0.0975. The molecule has 1 unspecified atom stereocenters. The van der Waals surface area contributed by atoms with Crippen LogP contribution in [0.5, 0.6) is 0 Å². The number of amides is 1. The maximum atomic E-state index is 13.1. The maximum Gasteiger partial charge on any atom is 0.248 e. The van der Waals surface area contributed by atoms with Crippen LogP contribution in [0.1, 0.15) is 0 Å². The van der Waals surface area contributed by atoms with Crippen LogP contribution in [-0.4, -0.2) is 28.6 Å². The zero-order valence-corrected chi connectivity index (χ0v) is 8.33. The lowest BCUT2D eigenvalue weighted by Gasteiger charge is -2.09. The molecule has 0 saturated heterocycles. The number of halogens is 2. The number of carbonyl (C=O) groups excluding carboxylic acids is 1. The van der Waals surface area contributed by atoms with Gasteiger partial charge in [-0.15, -0.1) is 0 Å². The van der Waals surface area contributed by atoms with Gasteiger partial charge in [-0.1, -0.05) is 11.6 Å². The van der Waals surface area contributed by atoms with E-state index in [1.54, 1.807) is 0 Å². The lowest BCUT2D eigenvalue weighted by Crippen LogP contribution is -2.34. The van der Waals surface area contributed by atoms with Crippen LogP contribution in [0.4, 0.5) is 10.2 Å². The molecule has 1 atom stereocenters. The van der Waals surface area contributed by atoms with Gasteiger partial charge < -0.3 is 16.2 Å². The second kappa shape index (κ2) is 4.90. The van der Waals surface area contributed by atoms with Crippen molar-refractivity contribution in [3.63, 3.8) is 0 Å². The molecule has 0 radical (unpaired) electrons. The van der Waals surface area contributed by atoms with Crippen molar-refractivity contribution >= 4 is 23.3 Å². The van der Waals surface area contributed by atoms with Gasteiger partial charge in [-0.25, -0.2) is 9.37 Å². The van der Waals surface area contributed by atoms with E-state index < -0.39 is 17.8 Å². The summed E-state index contributed by atoms with van der Waals surface area (Å²) in [6.45, 7) is -0.207. The summed E-state index contributed by atoms with van der Waals surface area (Å²) in [6, 6.07) is 1.06. The van der Waals surface area contributed by atoms with Gasteiger partial charge in [0.25, 0.3) is 0 Å². The summed E-state index contributed by atoms with van der Waals surface area (Å²) in [6.07, 6.45) is -0.147. The first-order valence-corrected chi connectivity index (χ1v) is 4.41. The van der Waals surface area contributed by atoms with Gasteiger partial charge in [-0.2, -0.15) is 0 Å². The van der Waals surface area contributed by atoms with E-state index in [2.05, 4.69) is 10.3 Å². The zero-order chi connectivity index (χ0) is 11.4. The SMILES string of the molecule is NC(=O)C(O)CNc1ncc(Cl)cc1F. The smallest absolute Gasteiger partial charge is 0.248 e. The Hall–Kier alpha value is -1.40. The fraction of sp³-hybridized carbons (Fsp3) is 0.250. The van der Waals surface area contributed by atoms with Crippen molar-refractivity contribution < 1.29 is 14.3 Å². The number of aliphatic hydroxyl groups is 1. The largest absolute Gasteiger partial charge is 0.381 e. The van der Waals surface area contributed by atoms with Gasteiger partial charge in [0, 0.05) is 6.20 Å². The fourth-order valence-corrected chi connectivity index (χ4v) is 0.983. The van der Waals surface area contributed by atoms with Crippen LogP contribution in [0.3, 0.4) is 0 Å². The minimum Gasteiger partial charge on any atom is -0.381 e. The molecule has 82 valence electrons. The summed E-state index contributed by atoms with van der Waals surface area (Å²) in [5.74, 6) is -1.66. The minimum atomic E-state index is -1.39. The molecule has 1 amide bonds. The Morgan fingerprint density at radius 2 is 2.47 bits per heavy atom. The lowest BCUT2D eigenvalue weighted by atomic mass is 10.3. The summed E-state index contributed by atoms with van der Waals surface area (Å²) in [5.41, 5.74) is 4.80. The Labute approximate surface area is 90.1 Å². The molecule has 0 saturated carbocycles. The number of anilines is 1. The van der Waals surface area contributed by atoms with Crippen LogP contribution in [-0.2, 0) is 4.79 Å². The Bertz CT molecular complexity index is 375. The predicted octanol–water partition coefficient (Wildman–Crippen LogP) is 0.132. The van der Waals surface area contributed by atoms with Gasteiger partial charge in [0.2, 0.25) is 5.91 Å². The molecule has 1 rings (SSSR count). The molecule has 4 N–H and O–H groups in total. The molecule has 5 nitrogen and oxygen atoms in total. The third-order valence-corrected chi connectivity index (χ3v) is 1.81. The molecule has 0 aliphatic carbocycles. The molecule has 0 spiro atoms. The summed E-state index contributed by atoms with van der Waals surface area (Å²) in [7, 11) is 0. The van der Waals surface area contributed by atoms with E-state index in [0.29, 0.717) is 0 Å². The molecule has 15 heavy (non-hydrogen) atoms. The third-order valence-electron chi connectivity index (χ3n) is 1.60. The summed E-state index contributed by atoms with van der Waals surface area (Å²) < 4.78 is 13.1. The molecule has 0 fully saturated rings. The number of nitrogens with one attached hydrogen (secondary N) is 1. The van der Waals surface area contributed by atoms with E-state index in [1.807, 2.05) is 0 Å². The van der Waals surface area contributed by atoms with E-state index in [0.717, 1.165) is 6.07 Å². The van der Waals surface area contributed by atoms with Crippen LogP contribution >= 0.6 is 11.6 Å². The summed E-state index contributed by atoms with van der Waals surface area (Å²) >= 11 is 5.48. The molecular formula is C8H9ClFN3O2. The van der Waals surface area contributed by atoms with Crippen molar-refractivity contribution in [2.24, 2.45) is 5.73 Å². The Balaban J connectivity index is 2.62. The highest BCUT2D eigenvalue weighted by Crippen LogP contribution is 2.15. The van der Waals surface area contributed by atoms with Crippen LogP contribution in [0, 0.1) is 5.82 Å². The van der Waals surface area contributed by atoms with Crippen LogP contribution in [0.25, 0.3) is 0 Å². The van der Waals surface area contributed by atoms with Gasteiger partial charge in [0.05, 0.1) is 11.6 Å². The van der Waals surface area contributed by atoms with E-state index in [4.69, 9.17) is 22.4 Å². The van der Waals surface area contributed by atoms with E-state index in [-0.39, 0.29) is 17.4 Å². The number of pyridine rings is 1. The monoisotopic (exact) mass is 233 g/mol. The predicted molar refractivity (Wildman–Crippen MR) is 52.9 cm³/mol. The quantitative estimate of drug-likeness (QED) is 0.690. The van der Waals surface area contributed by atoms with Gasteiger partial charge in [-0.3, -0.25) is 4.79 Å². The van der Waals surface area contributed by atoms with Crippen molar-refractivity contribution in [2.75, 3.05) is 11.9 Å².